The highest BCUT2D eigenvalue weighted by molar-refractivity contribution is 9.10. The number of carbonyl (C=O) groups excluding carboxylic acids is 1. The lowest BCUT2D eigenvalue weighted by Crippen LogP contribution is -2.44. The lowest BCUT2D eigenvalue weighted by atomic mass is 10.1. The fourth-order valence-electron chi connectivity index (χ4n) is 2.68. The molecule has 1 aromatic carbocycles. The predicted octanol–water partition coefficient (Wildman–Crippen LogP) is 2.89. The summed E-state index contributed by atoms with van der Waals surface area (Å²) in [6.45, 7) is 2.13. The van der Waals surface area contributed by atoms with Gasteiger partial charge in [-0.2, -0.15) is 0 Å². The predicted molar refractivity (Wildman–Crippen MR) is 85.6 cm³/mol. The smallest absolute Gasteiger partial charge is 0.254 e. The summed E-state index contributed by atoms with van der Waals surface area (Å²) in [4.78, 5) is 14.5. The number of nitrogens with two attached hydrogens (primary N) is 1. The highest BCUT2D eigenvalue weighted by Crippen LogP contribution is 2.26. The van der Waals surface area contributed by atoms with Crippen molar-refractivity contribution in [3.8, 4) is 0 Å². The molecule has 21 heavy (non-hydrogen) atoms. The van der Waals surface area contributed by atoms with E-state index < -0.39 is 0 Å². The molecule has 1 aliphatic rings. The number of rotatable bonds is 4. The standard InChI is InChI=1S/C15H20BrN3O2/c1-10-6-7-11(8-13(10)16)15(20)19(9-14(17)18-21)12-4-2-3-5-12/h6-8,12,21H,2-5,9H2,1H3,(H2,17,18). The highest BCUT2D eigenvalue weighted by atomic mass is 79.9. The molecule has 1 saturated carbocycles. The Morgan fingerprint density at radius 3 is 2.71 bits per heavy atom. The van der Waals surface area contributed by atoms with E-state index in [2.05, 4.69) is 21.1 Å². The second-order valence-corrected chi connectivity index (χ2v) is 6.28. The Kier molecular flexibility index (Phi) is 5.22. The molecule has 0 aromatic heterocycles. The average molecular weight is 354 g/mol. The number of hydrogen-bond acceptors (Lipinski definition) is 3. The molecule has 114 valence electrons. The third-order valence-corrected chi connectivity index (χ3v) is 4.76. The molecule has 0 bridgehead atoms. The van der Waals surface area contributed by atoms with Gasteiger partial charge in [-0.15, -0.1) is 0 Å². The average Bonchev–Trinajstić information content (AvgIpc) is 3.00. The van der Waals surface area contributed by atoms with Crippen LogP contribution in [0.25, 0.3) is 0 Å². The first-order chi connectivity index (χ1) is 10.0. The number of benzene rings is 1. The Morgan fingerprint density at radius 2 is 2.14 bits per heavy atom. The Morgan fingerprint density at radius 1 is 1.48 bits per heavy atom. The number of nitrogens with zero attached hydrogens (tertiary/aromatic N) is 2. The van der Waals surface area contributed by atoms with Gasteiger partial charge in [0.25, 0.3) is 5.91 Å². The van der Waals surface area contributed by atoms with Crippen LogP contribution in [0.5, 0.6) is 0 Å². The van der Waals surface area contributed by atoms with Gasteiger partial charge in [-0.1, -0.05) is 40.0 Å². The number of amides is 1. The van der Waals surface area contributed by atoms with Gasteiger partial charge >= 0.3 is 0 Å². The quantitative estimate of drug-likeness (QED) is 0.378. The Hall–Kier alpha value is -1.56. The minimum absolute atomic E-state index is 0.0569. The minimum atomic E-state index is -0.0748. The molecule has 1 aromatic rings. The fourth-order valence-corrected chi connectivity index (χ4v) is 3.06. The summed E-state index contributed by atoms with van der Waals surface area (Å²) in [7, 11) is 0. The van der Waals surface area contributed by atoms with E-state index in [0.29, 0.717) is 5.56 Å². The lowest BCUT2D eigenvalue weighted by Gasteiger charge is -2.28. The molecule has 5 nitrogen and oxygen atoms in total. The highest BCUT2D eigenvalue weighted by Gasteiger charge is 2.28. The summed E-state index contributed by atoms with van der Waals surface area (Å²) in [5, 5.41) is 11.8. The Bertz CT molecular complexity index is 554. The van der Waals surface area contributed by atoms with Crippen molar-refractivity contribution < 1.29 is 10.0 Å². The van der Waals surface area contributed by atoms with Crippen LogP contribution in [0.1, 0.15) is 41.6 Å². The van der Waals surface area contributed by atoms with Gasteiger partial charge in [0.1, 0.15) is 0 Å². The molecule has 2 rings (SSSR count). The third kappa shape index (κ3) is 3.75. The van der Waals surface area contributed by atoms with E-state index in [0.717, 1.165) is 35.7 Å². The molecule has 1 fully saturated rings. The summed E-state index contributed by atoms with van der Waals surface area (Å²) in [5.41, 5.74) is 7.30. The van der Waals surface area contributed by atoms with Gasteiger partial charge in [0.2, 0.25) is 0 Å². The number of hydrogen-bond donors (Lipinski definition) is 2. The topological polar surface area (TPSA) is 78.9 Å². The van der Waals surface area contributed by atoms with Crippen LogP contribution in [-0.4, -0.2) is 34.4 Å². The van der Waals surface area contributed by atoms with Crippen molar-refractivity contribution in [1.82, 2.24) is 4.90 Å². The summed E-state index contributed by atoms with van der Waals surface area (Å²) in [5.74, 6) is -0.0179. The van der Waals surface area contributed by atoms with Gasteiger partial charge in [0.05, 0.1) is 6.54 Å². The van der Waals surface area contributed by atoms with Crippen LogP contribution in [0.2, 0.25) is 0 Å². The van der Waals surface area contributed by atoms with E-state index >= 15 is 0 Å². The van der Waals surface area contributed by atoms with E-state index in [1.807, 2.05) is 25.1 Å². The van der Waals surface area contributed by atoms with Crippen LogP contribution in [0, 0.1) is 6.92 Å². The first kappa shape index (κ1) is 15.8. The largest absolute Gasteiger partial charge is 0.409 e. The third-order valence-electron chi connectivity index (χ3n) is 3.91. The summed E-state index contributed by atoms with van der Waals surface area (Å²) >= 11 is 3.45. The lowest BCUT2D eigenvalue weighted by molar-refractivity contribution is 0.0712. The van der Waals surface area contributed by atoms with Gasteiger partial charge in [0.15, 0.2) is 5.84 Å². The molecule has 0 spiro atoms. The zero-order valence-electron chi connectivity index (χ0n) is 12.1. The molecule has 0 radical (unpaired) electrons. The van der Waals surface area contributed by atoms with Gasteiger partial charge in [0, 0.05) is 16.1 Å². The fraction of sp³-hybridized carbons (Fsp3) is 0.467. The number of carbonyl (C=O) groups is 1. The van der Waals surface area contributed by atoms with Gasteiger partial charge in [-0.05, 0) is 37.5 Å². The van der Waals surface area contributed by atoms with Gasteiger partial charge in [-0.25, -0.2) is 0 Å². The minimum Gasteiger partial charge on any atom is -0.409 e. The van der Waals surface area contributed by atoms with Crippen LogP contribution in [-0.2, 0) is 0 Å². The van der Waals surface area contributed by atoms with Crippen LogP contribution in [0.15, 0.2) is 27.8 Å². The van der Waals surface area contributed by atoms with Crippen molar-refractivity contribution in [2.75, 3.05) is 6.54 Å². The maximum atomic E-state index is 12.8. The molecule has 6 heteroatoms. The van der Waals surface area contributed by atoms with Crippen molar-refractivity contribution in [3.05, 3.63) is 33.8 Å². The summed E-state index contributed by atoms with van der Waals surface area (Å²) in [6, 6.07) is 5.72. The summed E-state index contributed by atoms with van der Waals surface area (Å²) < 4.78 is 0.906. The molecule has 0 saturated heterocycles. The number of halogens is 1. The SMILES string of the molecule is Cc1ccc(C(=O)N(C/C(N)=N/O)C2CCCC2)cc1Br. The molecule has 0 unspecified atom stereocenters. The van der Waals surface area contributed by atoms with Crippen molar-refractivity contribution >= 4 is 27.7 Å². The Labute approximate surface area is 132 Å². The first-order valence-corrected chi connectivity index (χ1v) is 7.85. The van der Waals surface area contributed by atoms with E-state index in [-0.39, 0.29) is 24.3 Å². The van der Waals surface area contributed by atoms with Gasteiger partial charge < -0.3 is 15.8 Å². The van der Waals surface area contributed by atoms with Crippen LogP contribution < -0.4 is 5.73 Å². The monoisotopic (exact) mass is 353 g/mol. The number of aryl methyl sites for hydroxylation is 1. The zero-order valence-corrected chi connectivity index (χ0v) is 13.6. The molecule has 0 heterocycles. The van der Waals surface area contributed by atoms with E-state index in [4.69, 9.17) is 10.9 Å². The molecule has 1 aliphatic carbocycles. The van der Waals surface area contributed by atoms with E-state index in [1.54, 1.807) is 4.90 Å². The van der Waals surface area contributed by atoms with Crippen LogP contribution >= 0.6 is 15.9 Å². The molecule has 3 N–H and O–H groups in total. The van der Waals surface area contributed by atoms with Gasteiger partial charge in [-0.3, -0.25) is 4.79 Å². The Balaban J connectivity index is 2.25. The second kappa shape index (κ2) is 6.93. The first-order valence-electron chi connectivity index (χ1n) is 7.06. The maximum absolute atomic E-state index is 12.8. The molecule has 0 atom stereocenters. The van der Waals surface area contributed by atoms with E-state index in [9.17, 15) is 4.79 Å². The van der Waals surface area contributed by atoms with Crippen molar-refractivity contribution in [2.45, 2.75) is 38.6 Å². The number of oxime groups is 1. The molecule has 0 aliphatic heterocycles. The maximum Gasteiger partial charge on any atom is 0.254 e. The van der Waals surface area contributed by atoms with Crippen molar-refractivity contribution in [2.24, 2.45) is 10.9 Å². The summed E-state index contributed by atoms with van der Waals surface area (Å²) in [6.07, 6.45) is 4.17. The van der Waals surface area contributed by atoms with Crippen molar-refractivity contribution in [1.29, 1.82) is 0 Å². The van der Waals surface area contributed by atoms with Crippen LogP contribution in [0.4, 0.5) is 0 Å². The molecular weight excluding hydrogens is 334 g/mol. The second-order valence-electron chi connectivity index (χ2n) is 5.43. The van der Waals surface area contributed by atoms with E-state index in [1.165, 1.54) is 0 Å². The van der Waals surface area contributed by atoms with Crippen LogP contribution in [0.3, 0.4) is 0 Å². The normalized spacial score (nSPS) is 16.2. The molecular formula is C15H20BrN3O2. The number of amidine groups is 1. The zero-order chi connectivity index (χ0) is 15.4. The van der Waals surface area contributed by atoms with Crippen molar-refractivity contribution in [3.63, 3.8) is 0 Å². The molecule has 1 amide bonds.